The molecule has 0 radical (unpaired) electrons. The average Bonchev–Trinajstić information content (AvgIpc) is 2.38. The molecule has 1 aliphatic carbocycles. The standard InChI is InChI=1S/C14H16F2O2/c1-18-13(17)12-4-2-10(3-5-12)11-6-8-14(15,16)9-7-11/h2-5,11H,6-9H2,1H3. The lowest BCUT2D eigenvalue weighted by Crippen LogP contribution is -2.23. The number of hydrogen-bond donors (Lipinski definition) is 0. The van der Waals surface area contributed by atoms with Crippen molar-refractivity contribution in [3.05, 3.63) is 35.4 Å². The summed E-state index contributed by atoms with van der Waals surface area (Å²) < 4.78 is 30.7. The molecule has 18 heavy (non-hydrogen) atoms. The van der Waals surface area contributed by atoms with E-state index in [-0.39, 0.29) is 24.7 Å². The zero-order chi connectivity index (χ0) is 13.2. The average molecular weight is 254 g/mol. The lowest BCUT2D eigenvalue weighted by atomic mass is 9.82. The van der Waals surface area contributed by atoms with E-state index in [2.05, 4.69) is 4.74 Å². The molecule has 0 atom stereocenters. The minimum atomic E-state index is -2.50. The predicted molar refractivity (Wildman–Crippen MR) is 63.9 cm³/mol. The quantitative estimate of drug-likeness (QED) is 0.751. The maximum absolute atomic E-state index is 13.0. The van der Waals surface area contributed by atoms with Gasteiger partial charge in [-0.1, -0.05) is 12.1 Å². The highest BCUT2D eigenvalue weighted by atomic mass is 19.3. The number of esters is 1. The summed E-state index contributed by atoms with van der Waals surface area (Å²) in [5, 5.41) is 0. The van der Waals surface area contributed by atoms with Crippen LogP contribution in [-0.2, 0) is 4.74 Å². The van der Waals surface area contributed by atoms with E-state index in [9.17, 15) is 13.6 Å². The van der Waals surface area contributed by atoms with Crippen LogP contribution in [0.25, 0.3) is 0 Å². The fourth-order valence-corrected chi connectivity index (χ4v) is 2.38. The first kappa shape index (κ1) is 13.0. The highest BCUT2D eigenvalue weighted by Crippen LogP contribution is 2.40. The van der Waals surface area contributed by atoms with Crippen LogP contribution < -0.4 is 0 Å². The Morgan fingerprint density at radius 3 is 2.28 bits per heavy atom. The lowest BCUT2D eigenvalue weighted by Gasteiger charge is -2.28. The Bertz CT molecular complexity index is 416. The summed E-state index contributed by atoms with van der Waals surface area (Å²) in [5.41, 5.74) is 1.51. The van der Waals surface area contributed by atoms with Gasteiger partial charge in [-0.25, -0.2) is 13.6 Å². The van der Waals surface area contributed by atoms with Crippen molar-refractivity contribution < 1.29 is 18.3 Å². The third kappa shape index (κ3) is 2.86. The SMILES string of the molecule is COC(=O)c1ccc(C2CCC(F)(F)CC2)cc1. The zero-order valence-corrected chi connectivity index (χ0v) is 10.3. The Labute approximate surface area is 105 Å². The molecule has 4 heteroatoms. The van der Waals surface area contributed by atoms with Crippen LogP contribution in [-0.4, -0.2) is 19.0 Å². The molecule has 1 saturated carbocycles. The molecule has 0 spiro atoms. The number of methoxy groups -OCH3 is 1. The monoisotopic (exact) mass is 254 g/mol. The molecule has 0 amide bonds. The van der Waals surface area contributed by atoms with Crippen molar-refractivity contribution in [3.8, 4) is 0 Å². The van der Waals surface area contributed by atoms with Gasteiger partial charge in [0.2, 0.25) is 5.92 Å². The van der Waals surface area contributed by atoms with Crippen molar-refractivity contribution >= 4 is 5.97 Å². The lowest BCUT2D eigenvalue weighted by molar-refractivity contribution is -0.0382. The van der Waals surface area contributed by atoms with Gasteiger partial charge in [-0.15, -0.1) is 0 Å². The molecule has 1 aromatic rings. The second-order valence-electron chi connectivity index (χ2n) is 4.74. The van der Waals surface area contributed by atoms with E-state index in [0.717, 1.165) is 5.56 Å². The second kappa shape index (κ2) is 5.04. The molecule has 0 saturated heterocycles. The van der Waals surface area contributed by atoms with Crippen LogP contribution in [0.4, 0.5) is 8.78 Å². The molecule has 1 aromatic carbocycles. The summed E-state index contributed by atoms with van der Waals surface area (Å²) in [6.07, 6.45) is 0.919. The van der Waals surface area contributed by atoms with E-state index < -0.39 is 5.92 Å². The molecular weight excluding hydrogens is 238 g/mol. The first-order valence-corrected chi connectivity index (χ1v) is 6.08. The van der Waals surface area contributed by atoms with Gasteiger partial charge in [0.25, 0.3) is 0 Å². The van der Waals surface area contributed by atoms with Crippen molar-refractivity contribution in [2.24, 2.45) is 0 Å². The van der Waals surface area contributed by atoms with Crippen molar-refractivity contribution in [3.63, 3.8) is 0 Å². The Morgan fingerprint density at radius 2 is 1.78 bits per heavy atom. The van der Waals surface area contributed by atoms with E-state index in [4.69, 9.17) is 0 Å². The van der Waals surface area contributed by atoms with Gasteiger partial charge in [0.05, 0.1) is 12.7 Å². The van der Waals surface area contributed by atoms with Crippen LogP contribution in [0.1, 0.15) is 47.5 Å². The van der Waals surface area contributed by atoms with Gasteiger partial charge >= 0.3 is 5.97 Å². The molecule has 0 unspecified atom stereocenters. The Hall–Kier alpha value is -1.45. The highest BCUT2D eigenvalue weighted by Gasteiger charge is 2.35. The summed E-state index contributed by atoms with van der Waals surface area (Å²) in [5.74, 6) is -2.70. The Kier molecular flexibility index (Phi) is 3.64. The van der Waals surface area contributed by atoms with Crippen LogP contribution in [0.2, 0.25) is 0 Å². The first-order valence-electron chi connectivity index (χ1n) is 6.08. The van der Waals surface area contributed by atoms with E-state index in [1.807, 2.05) is 12.1 Å². The summed E-state index contributed by atoms with van der Waals surface area (Å²) in [7, 11) is 1.33. The fourth-order valence-electron chi connectivity index (χ4n) is 2.38. The molecule has 0 aliphatic heterocycles. The topological polar surface area (TPSA) is 26.3 Å². The molecule has 0 heterocycles. The first-order chi connectivity index (χ1) is 8.52. The molecule has 0 N–H and O–H groups in total. The Balaban J connectivity index is 2.04. The maximum atomic E-state index is 13.0. The third-order valence-electron chi connectivity index (χ3n) is 3.52. The minimum absolute atomic E-state index is 0.0452. The zero-order valence-electron chi connectivity index (χ0n) is 10.3. The van der Waals surface area contributed by atoms with E-state index in [1.54, 1.807) is 12.1 Å². The van der Waals surface area contributed by atoms with Crippen molar-refractivity contribution in [1.29, 1.82) is 0 Å². The smallest absolute Gasteiger partial charge is 0.337 e. The highest BCUT2D eigenvalue weighted by molar-refractivity contribution is 5.89. The summed E-state index contributed by atoms with van der Waals surface area (Å²) in [6.45, 7) is 0. The van der Waals surface area contributed by atoms with Crippen molar-refractivity contribution in [1.82, 2.24) is 0 Å². The van der Waals surface area contributed by atoms with Crippen molar-refractivity contribution in [2.75, 3.05) is 7.11 Å². The molecule has 1 aliphatic rings. The normalized spacial score (nSPS) is 19.5. The van der Waals surface area contributed by atoms with Gasteiger partial charge in [-0.3, -0.25) is 0 Å². The van der Waals surface area contributed by atoms with Crippen LogP contribution in [0, 0.1) is 0 Å². The number of alkyl halides is 2. The molecular formula is C14H16F2O2. The number of carbonyl (C=O) groups is 1. The number of hydrogen-bond acceptors (Lipinski definition) is 2. The third-order valence-corrected chi connectivity index (χ3v) is 3.52. The summed E-state index contributed by atoms with van der Waals surface area (Å²) >= 11 is 0. The molecule has 2 nitrogen and oxygen atoms in total. The minimum Gasteiger partial charge on any atom is -0.465 e. The summed E-state index contributed by atoms with van der Waals surface area (Å²) in [6, 6.07) is 7.04. The number of halogens is 2. The largest absolute Gasteiger partial charge is 0.465 e. The van der Waals surface area contributed by atoms with Gasteiger partial charge in [0.1, 0.15) is 0 Å². The van der Waals surface area contributed by atoms with Gasteiger partial charge < -0.3 is 4.74 Å². The fraction of sp³-hybridized carbons (Fsp3) is 0.500. The van der Waals surface area contributed by atoms with Gasteiger partial charge in [-0.2, -0.15) is 0 Å². The number of benzene rings is 1. The molecule has 98 valence electrons. The van der Waals surface area contributed by atoms with Crippen LogP contribution in [0.15, 0.2) is 24.3 Å². The van der Waals surface area contributed by atoms with E-state index in [0.29, 0.717) is 18.4 Å². The summed E-state index contributed by atoms with van der Waals surface area (Å²) in [4.78, 5) is 11.3. The van der Waals surface area contributed by atoms with Crippen LogP contribution >= 0.6 is 0 Å². The number of carbonyl (C=O) groups excluding carboxylic acids is 1. The number of rotatable bonds is 2. The Morgan fingerprint density at radius 1 is 1.22 bits per heavy atom. The predicted octanol–water partition coefficient (Wildman–Crippen LogP) is 3.77. The second-order valence-corrected chi connectivity index (χ2v) is 4.74. The molecule has 0 bridgehead atoms. The van der Waals surface area contributed by atoms with E-state index >= 15 is 0 Å². The van der Waals surface area contributed by atoms with Gasteiger partial charge in [0, 0.05) is 12.8 Å². The molecule has 2 rings (SSSR count). The van der Waals surface area contributed by atoms with Gasteiger partial charge in [-0.05, 0) is 36.5 Å². The number of ether oxygens (including phenoxy) is 1. The van der Waals surface area contributed by atoms with Crippen molar-refractivity contribution in [2.45, 2.75) is 37.5 Å². The van der Waals surface area contributed by atoms with Gasteiger partial charge in [0.15, 0.2) is 0 Å². The van der Waals surface area contributed by atoms with Crippen LogP contribution in [0.3, 0.4) is 0 Å². The maximum Gasteiger partial charge on any atom is 0.337 e. The van der Waals surface area contributed by atoms with E-state index in [1.165, 1.54) is 7.11 Å². The molecule has 0 aromatic heterocycles. The van der Waals surface area contributed by atoms with Crippen LogP contribution in [0.5, 0.6) is 0 Å². The molecule has 1 fully saturated rings.